The minimum absolute atomic E-state index is 0.400. The molecule has 0 aromatic carbocycles. The zero-order valence-corrected chi connectivity index (χ0v) is 10.9. The number of rotatable bonds is 3. The Hall–Kier alpha value is -1.47. The van der Waals surface area contributed by atoms with Crippen LogP contribution in [0.4, 0.5) is 5.69 Å². The monoisotopic (exact) mass is 314 g/mol. The molecule has 5 nitrogen and oxygen atoms in total. The van der Waals surface area contributed by atoms with E-state index >= 15 is 0 Å². The lowest BCUT2D eigenvalue weighted by molar-refractivity contribution is -0.386. The molecule has 2 aromatic heterocycles. The zero-order valence-electron chi connectivity index (χ0n) is 8.50. The van der Waals surface area contributed by atoms with E-state index in [9.17, 15) is 14.9 Å². The Morgan fingerprint density at radius 2 is 2.18 bits per heavy atom. The minimum Gasteiger partial charge on any atom is -0.343 e. The van der Waals surface area contributed by atoms with Crippen LogP contribution in [-0.4, -0.2) is 9.49 Å². The summed E-state index contributed by atoms with van der Waals surface area (Å²) in [6, 6.07) is 5.05. The van der Waals surface area contributed by atoms with Crippen molar-refractivity contribution < 1.29 is 4.92 Å². The van der Waals surface area contributed by atoms with Crippen LogP contribution in [0.15, 0.2) is 39.2 Å². The second-order valence-corrected chi connectivity index (χ2v) is 5.88. The molecule has 2 heterocycles. The fraction of sp³-hybridized carbons (Fsp3) is 0.100. The van der Waals surface area contributed by atoms with E-state index in [1.807, 2.05) is 12.1 Å². The van der Waals surface area contributed by atoms with Crippen LogP contribution < -0.4 is 5.43 Å². The molecule has 0 saturated carbocycles. The third kappa shape index (κ3) is 2.80. The molecule has 0 fully saturated rings. The van der Waals surface area contributed by atoms with Gasteiger partial charge in [-0.1, -0.05) is 0 Å². The molecule has 17 heavy (non-hydrogen) atoms. The molecule has 0 unspecified atom stereocenters. The summed E-state index contributed by atoms with van der Waals surface area (Å²) < 4.78 is 2.63. The Bertz CT molecular complexity index is 620. The fourth-order valence-electron chi connectivity index (χ4n) is 1.36. The van der Waals surface area contributed by atoms with Crippen molar-refractivity contribution in [2.24, 2.45) is 0 Å². The third-order valence-electron chi connectivity index (χ3n) is 2.12. The van der Waals surface area contributed by atoms with Gasteiger partial charge in [0.2, 0.25) is 0 Å². The van der Waals surface area contributed by atoms with E-state index in [-0.39, 0.29) is 0 Å². The smallest absolute Gasteiger partial charge is 0.332 e. The first-order chi connectivity index (χ1) is 8.06. The van der Waals surface area contributed by atoms with Gasteiger partial charge in [0.15, 0.2) is 0 Å². The number of halogens is 1. The van der Waals surface area contributed by atoms with E-state index in [0.717, 1.165) is 8.66 Å². The van der Waals surface area contributed by atoms with Gasteiger partial charge in [0.25, 0.3) is 5.43 Å². The lowest BCUT2D eigenvalue weighted by atomic mass is 10.4. The largest absolute Gasteiger partial charge is 0.343 e. The number of thiophene rings is 1. The van der Waals surface area contributed by atoms with Gasteiger partial charge in [0, 0.05) is 17.1 Å². The van der Waals surface area contributed by atoms with Crippen molar-refractivity contribution in [1.82, 2.24) is 4.57 Å². The maximum absolute atomic E-state index is 11.2. The SMILES string of the molecule is O=c1ccn(Cc2ccc(Br)s2)cc1[N+](=O)[O-]. The normalized spacial score (nSPS) is 10.4. The summed E-state index contributed by atoms with van der Waals surface area (Å²) in [5.74, 6) is 0. The molecule has 2 aromatic rings. The van der Waals surface area contributed by atoms with Crippen molar-refractivity contribution in [2.45, 2.75) is 6.54 Å². The molecule has 0 aliphatic heterocycles. The van der Waals surface area contributed by atoms with Crippen LogP contribution in [0, 0.1) is 10.1 Å². The van der Waals surface area contributed by atoms with Crippen molar-refractivity contribution in [2.75, 3.05) is 0 Å². The van der Waals surface area contributed by atoms with Crippen LogP contribution in [0.3, 0.4) is 0 Å². The molecule has 0 bridgehead atoms. The van der Waals surface area contributed by atoms with Crippen molar-refractivity contribution in [3.05, 3.63) is 59.6 Å². The van der Waals surface area contributed by atoms with E-state index < -0.39 is 16.0 Å². The summed E-state index contributed by atoms with van der Waals surface area (Å²) >= 11 is 4.89. The highest BCUT2D eigenvalue weighted by Crippen LogP contribution is 2.22. The van der Waals surface area contributed by atoms with Gasteiger partial charge in [0.1, 0.15) is 0 Å². The lowest BCUT2D eigenvalue weighted by Crippen LogP contribution is -2.11. The third-order valence-corrected chi connectivity index (χ3v) is 3.73. The maximum Gasteiger partial charge on any atom is 0.332 e. The molecule has 0 amide bonds. The quantitative estimate of drug-likeness (QED) is 0.646. The van der Waals surface area contributed by atoms with Gasteiger partial charge in [-0.3, -0.25) is 14.9 Å². The van der Waals surface area contributed by atoms with E-state index in [2.05, 4.69) is 15.9 Å². The van der Waals surface area contributed by atoms with Crippen LogP contribution in [0.25, 0.3) is 0 Å². The Balaban J connectivity index is 2.31. The predicted octanol–water partition coefficient (Wildman–Crippen LogP) is 2.63. The molecule has 0 aliphatic carbocycles. The van der Waals surface area contributed by atoms with E-state index in [0.29, 0.717) is 6.54 Å². The second kappa shape index (κ2) is 4.80. The summed E-state index contributed by atoms with van der Waals surface area (Å²) in [5.41, 5.74) is -0.971. The first-order valence-corrected chi connectivity index (χ1v) is 6.26. The number of hydrogen-bond donors (Lipinski definition) is 0. The van der Waals surface area contributed by atoms with E-state index in [1.165, 1.54) is 12.3 Å². The first-order valence-electron chi connectivity index (χ1n) is 4.65. The Morgan fingerprint density at radius 3 is 2.76 bits per heavy atom. The highest BCUT2D eigenvalue weighted by Gasteiger charge is 2.11. The number of pyridine rings is 1. The first kappa shape index (κ1) is 12.0. The van der Waals surface area contributed by atoms with Gasteiger partial charge >= 0.3 is 5.69 Å². The molecule has 0 spiro atoms. The Morgan fingerprint density at radius 1 is 1.41 bits per heavy atom. The molecule has 2 rings (SSSR count). The highest BCUT2D eigenvalue weighted by molar-refractivity contribution is 9.11. The standard InChI is InChI=1S/C10H7BrN2O3S/c11-10-2-1-7(17-10)5-12-4-3-9(14)8(6-12)13(15)16/h1-4,6H,5H2. The summed E-state index contributed by atoms with van der Waals surface area (Å²) in [6.07, 6.45) is 2.80. The van der Waals surface area contributed by atoms with Crippen LogP contribution >= 0.6 is 27.3 Å². The topological polar surface area (TPSA) is 65.1 Å². The average molecular weight is 315 g/mol. The molecule has 0 saturated heterocycles. The van der Waals surface area contributed by atoms with Crippen molar-refractivity contribution >= 4 is 33.0 Å². The maximum atomic E-state index is 11.2. The summed E-state index contributed by atoms with van der Waals surface area (Å²) in [7, 11) is 0. The minimum atomic E-state index is -0.664. The van der Waals surface area contributed by atoms with Gasteiger partial charge < -0.3 is 4.57 Å². The van der Waals surface area contributed by atoms with Crippen LogP contribution in [0.1, 0.15) is 4.88 Å². The van der Waals surface area contributed by atoms with Crippen LogP contribution in [0.5, 0.6) is 0 Å². The lowest BCUT2D eigenvalue weighted by Gasteiger charge is -2.03. The number of hydrogen-bond acceptors (Lipinski definition) is 4. The number of nitrogens with zero attached hydrogens (tertiary/aromatic N) is 2. The van der Waals surface area contributed by atoms with Crippen molar-refractivity contribution in [3.63, 3.8) is 0 Å². The highest BCUT2D eigenvalue weighted by atomic mass is 79.9. The molecule has 0 N–H and O–H groups in total. The van der Waals surface area contributed by atoms with E-state index in [4.69, 9.17) is 0 Å². The van der Waals surface area contributed by atoms with Crippen LogP contribution in [-0.2, 0) is 6.54 Å². The summed E-state index contributed by atoms with van der Waals surface area (Å²) in [5, 5.41) is 10.6. The predicted molar refractivity (Wildman–Crippen MR) is 68.5 cm³/mol. The Kier molecular flexibility index (Phi) is 3.39. The summed E-state index contributed by atoms with van der Waals surface area (Å²) in [6.45, 7) is 0.511. The molecular weight excluding hydrogens is 308 g/mol. The van der Waals surface area contributed by atoms with Gasteiger partial charge in [-0.15, -0.1) is 11.3 Å². The van der Waals surface area contributed by atoms with Gasteiger partial charge in [-0.2, -0.15) is 0 Å². The van der Waals surface area contributed by atoms with Gasteiger partial charge in [-0.25, -0.2) is 0 Å². The van der Waals surface area contributed by atoms with Crippen LogP contribution in [0.2, 0.25) is 0 Å². The molecule has 0 atom stereocenters. The van der Waals surface area contributed by atoms with Gasteiger partial charge in [-0.05, 0) is 28.1 Å². The Labute approximate surface area is 109 Å². The summed E-state index contributed by atoms with van der Waals surface area (Å²) in [4.78, 5) is 22.2. The molecule has 7 heteroatoms. The molecular formula is C10H7BrN2O3S. The van der Waals surface area contributed by atoms with Crippen molar-refractivity contribution in [3.8, 4) is 0 Å². The second-order valence-electron chi connectivity index (χ2n) is 3.33. The van der Waals surface area contributed by atoms with Crippen molar-refractivity contribution in [1.29, 1.82) is 0 Å². The zero-order chi connectivity index (χ0) is 12.4. The number of aromatic nitrogens is 1. The molecule has 0 aliphatic rings. The number of nitro groups is 1. The molecule has 0 radical (unpaired) electrons. The van der Waals surface area contributed by atoms with Gasteiger partial charge in [0.05, 0.1) is 21.5 Å². The molecule has 88 valence electrons. The average Bonchev–Trinajstić information content (AvgIpc) is 2.66. The fourth-order valence-corrected chi connectivity index (χ4v) is 2.86. The van der Waals surface area contributed by atoms with E-state index in [1.54, 1.807) is 22.1 Å².